The molecule has 9 rings (SSSR count). The summed E-state index contributed by atoms with van der Waals surface area (Å²) >= 11 is 0. The van der Waals surface area contributed by atoms with Gasteiger partial charge in [-0.25, -0.2) is 9.52 Å². The Labute approximate surface area is 492 Å². The molecule has 0 fully saturated rings. The average Bonchev–Trinajstić information content (AvgIpc) is 1.77. The van der Waals surface area contributed by atoms with Crippen LogP contribution in [0.5, 0.6) is 23.0 Å². The molecule has 5 N–H and O–H groups in total. The molecule has 24 heteroatoms. The summed E-state index contributed by atoms with van der Waals surface area (Å²) in [5.41, 5.74) is 6.01. The Hall–Kier alpha value is -9.03. The number of carboxylic acids is 1. The summed E-state index contributed by atoms with van der Waals surface area (Å²) in [7, 11) is -1.50. The van der Waals surface area contributed by atoms with Crippen LogP contribution in [-0.2, 0) is 53.6 Å². The Morgan fingerprint density at radius 3 is 1.96 bits per heavy atom. The standard InChI is InChI=1S/C61H68N8O15S/c1-36(2)56(66-85(78,79)65-54(70)19-11-12-20-55(71)72)58(74)63-37(3)57(73)64-41-23-21-38(22-24-41)35-84-61(77)67-34-43-28-40-16-8-10-18-48(40)69(43)60(76)45-30-51(81-5)53(32-49(45)67)83-26-14-6-13-25-82-52-31-46-44(29-50(52)80-4)59(75)68-42(33-62-46)27-39-15-7-9-17-47(39)68/h7-10,15-18,21-24,29-33,36-37,42-43,56,66H,6,11-14,19-20,25-28,34-35H2,1-5H3,(H,63,74)(H,64,73)(H,65,70)(H,71,72)/t37-,42-,43-,56-/m0/s1. The number of anilines is 4. The van der Waals surface area contributed by atoms with Gasteiger partial charge < -0.3 is 44.3 Å². The smallest absolute Gasteiger partial charge is 0.414 e. The molecule has 4 atom stereocenters. The van der Waals surface area contributed by atoms with Crippen LogP contribution in [0.1, 0.15) is 103 Å². The Bertz CT molecular complexity index is 3520. The fourth-order valence-corrected chi connectivity index (χ4v) is 11.8. The van der Waals surface area contributed by atoms with Crippen molar-refractivity contribution in [1.82, 2.24) is 14.8 Å². The van der Waals surface area contributed by atoms with Crippen molar-refractivity contribution < 1.29 is 70.8 Å². The second-order valence-corrected chi connectivity index (χ2v) is 22.8. The number of nitrogens with zero attached hydrogens (tertiary/aromatic N) is 4. The van der Waals surface area contributed by atoms with Crippen molar-refractivity contribution in [2.24, 2.45) is 10.9 Å². The Morgan fingerprint density at radius 2 is 1.31 bits per heavy atom. The van der Waals surface area contributed by atoms with Gasteiger partial charge in [0.05, 0.1) is 68.6 Å². The molecule has 0 bridgehead atoms. The van der Waals surface area contributed by atoms with Gasteiger partial charge in [-0.2, -0.15) is 13.1 Å². The van der Waals surface area contributed by atoms with Crippen LogP contribution < -0.4 is 53.7 Å². The molecule has 0 saturated heterocycles. The van der Waals surface area contributed by atoms with Crippen LogP contribution in [0.15, 0.2) is 102 Å². The molecule has 85 heavy (non-hydrogen) atoms. The van der Waals surface area contributed by atoms with Gasteiger partial charge in [0.1, 0.15) is 18.7 Å². The number of hydrogen-bond acceptors (Lipinski definition) is 15. The summed E-state index contributed by atoms with van der Waals surface area (Å²) in [4.78, 5) is 102. The summed E-state index contributed by atoms with van der Waals surface area (Å²) in [5.74, 6) is -2.92. The number of carboxylic acid groups (broad SMARTS) is 1. The summed E-state index contributed by atoms with van der Waals surface area (Å²) in [6, 6.07) is 25.4. The average molecular weight is 1190 g/mol. The van der Waals surface area contributed by atoms with Crippen molar-refractivity contribution in [1.29, 1.82) is 0 Å². The molecule has 0 aliphatic carbocycles. The van der Waals surface area contributed by atoms with E-state index in [0.29, 0.717) is 84.2 Å². The SMILES string of the molecule is COc1cc2c(cc1OCCCCCOc1cc3c(cc1OC)C(=O)N1c4ccccc4C[C@H]1CN3C(=O)OCc1ccc(NC(=O)[C@H](C)NC(=O)[C@@H](NS(=O)(=O)NC(=O)CCCCC(=O)O)C(C)C)cc1)N=C[C@@H]1Cc3ccccc3N1C2=O. The van der Waals surface area contributed by atoms with Gasteiger partial charge in [0.15, 0.2) is 23.0 Å². The first-order valence-corrected chi connectivity index (χ1v) is 29.6. The molecular weight excluding hydrogens is 1120 g/mol. The normalized spacial score (nSPS) is 16.3. The van der Waals surface area contributed by atoms with E-state index in [-0.39, 0.29) is 74.5 Å². The molecule has 448 valence electrons. The minimum atomic E-state index is -4.51. The summed E-state index contributed by atoms with van der Waals surface area (Å²) in [5, 5.41) is 14.0. The maximum absolute atomic E-state index is 14.6. The number of carbonyl (C=O) groups is 7. The highest BCUT2D eigenvalue weighted by atomic mass is 32.2. The van der Waals surface area contributed by atoms with Gasteiger partial charge in [-0.3, -0.25) is 43.6 Å². The first-order chi connectivity index (χ1) is 40.8. The van der Waals surface area contributed by atoms with Gasteiger partial charge in [-0.1, -0.05) is 62.4 Å². The number of benzene rings is 5. The molecule has 0 aromatic heterocycles. The van der Waals surface area contributed by atoms with E-state index < -0.39 is 64.0 Å². The molecule has 5 aromatic carbocycles. The number of amides is 6. The molecule has 4 aliphatic heterocycles. The Balaban J connectivity index is 0.797. The molecule has 23 nitrogen and oxygen atoms in total. The predicted octanol–water partition coefficient (Wildman–Crippen LogP) is 7.41. The number of rotatable bonds is 25. The lowest BCUT2D eigenvalue weighted by atomic mass is 10.0. The highest BCUT2D eigenvalue weighted by Crippen LogP contribution is 2.44. The van der Waals surface area contributed by atoms with Crippen molar-refractivity contribution in [2.75, 3.05) is 54.0 Å². The number of fused-ring (bicyclic) bond motifs is 8. The third kappa shape index (κ3) is 14.1. The molecule has 0 saturated carbocycles. The molecule has 6 amide bonds. The third-order valence-electron chi connectivity index (χ3n) is 15.0. The summed E-state index contributed by atoms with van der Waals surface area (Å²) < 4.78 is 59.4. The summed E-state index contributed by atoms with van der Waals surface area (Å²) in [6.45, 7) is 5.10. The largest absolute Gasteiger partial charge is 0.493 e. The number of hydrogen-bond donors (Lipinski definition) is 5. The topological polar surface area (TPSA) is 290 Å². The summed E-state index contributed by atoms with van der Waals surface area (Å²) in [6.07, 6.45) is 4.17. The lowest BCUT2D eigenvalue weighted by molar-refractivity contribution is -0.137. The highest BCUT2D eigenvalue weighted by Gasteiger charge is 2.43. The van der Waals surface area contributed by atoms with E-state index in [0.717, 1.165) is 22.5 Å². The molecule has 0 radical (unpaired) electrons. The van der Waals surface area contributed by atoms with Crippen molar-refractivity contribution in [3.63, 3.8) is 0 Å². The maximum Gasteiger partial charge on any atom is 0.414 e. The zero-order valence-corrected chi connectivity index (χ0v) is 48.6. The number of carbonyl (C=O) groups excluding carboxylic acids is 6. The van der Waals surface area contributed by atoms with E-state index in [1.807, 2.05) is 59.5 Å². The van der Waals surface area contributed by atoms with Crippen LogP contribution in [0.2, 0.25) is 0 Å². The number of unbranched alkanes of at least 4 members (excludes halogenated alkanes) is 3. The van der Waals surface area contributed by atoms with E-state index in [1.54, 1.807) is 72.2 Å². The first kappa shape index (κ1) is 60.6. The maximum atomic E-state index is 14.6. The number of methoxy groups -OCH3 is 2. The number of ether oxygens (including phenoxy) is 5. The van der Waals surface area contributed by atoms with Crippen LogP contribution in [0.4, 0.5) is 33.2 Å². The second kappa shape index (κ2) is 26.7. The van der Waals surface area contributed by atoms with Crippen LogP contribution >= 0.6 is 0 Å². The minimum absolute atomic E-state index is 0.0980. The monoisotopic (exact) mass is 1180 g/mol. The number of aliphatic carboxylic acids is 1. The van der Waals surface area contributed by atoms with Gasteiger partial charge in [-0.05, 0) is 104 Å². The van der Waals surface area contributed by atoms with E-state index in [4.69, 9.17) is 33.8 Å². The van der Waals surface area contributed by atoms with Crippen molar-refractivity contribution in [3.8, 4) is 23.0 Å². The van der Waals surface area contributed by atoms with Crippen molar-refractivity contribution >= 4 is 86.5 Å². The zero-order valence-electron chi connectivity index (χ0n) is 47.8. The third-order valence-corrected chi connectivity index (χ3v) is 16.1. The predicted molar refractivity (Wildman–Crippen MR) is 316 cm³/mol. The van der Waals surface area contributed by atoms with E-state index in [1.165, 1.54) is 26.0 Å². The Morgan fingerprint density at radius 1 is 0.694 bits per heavy atom. The minimum Gasteiger partial charge on any atom is -0.493 e. The first-order valence-electron chi connectivity index (χ1n) is 28.1. The van der Waals surface area contributed by atoms with Crippen LogP contribution in [0, 0.1) is 5.92 Å². The van der Waals surface area contributed by atoms with Crippen LogP contribution in [0.25, 0.3) is 0 Å². The molecule has 4 aliphatic rings. The Kier molecular flexibility index (Phi) is 19.0. The fraction of sp³-hybridized carbons (Fsp3) is 0.377. The van der Waals surface area contributed by atoms with Crippen molar-refractivity contribution in [2.45, 2.75) is 109 Å². The fourth-order valence-electron chi connectivity index (χ4n) is 10.6. The van der Waals surface area contributed by atoms with Gasteiger partial charge in [0.2, 0.25) is 17.7 Å². The quantitative estimate of drug-likeness (QED) is 0.0356. The van der Waals surface area contributed by atoms with E-state index >= 15 is 0 Å². The zero-order chi connectivity index (χ0) is 60.5. The molecule has 4 heterocycles. The highest BCUT2D eigenvalue weighted by molar-refractivity contribution is 7.88. The van der Waals surface area contributed by atoms with Gasteiger partial charge >= 0.3 is 22.3 Å². The van der Waals surface area contributed by atoms with Gasteiger partial charge in [0, 0.05) is 54.7 Å². The molecule has 0 unspecified atom stereocenters. The number of aliphatic imine (C=N–C) groups is 1. The van der Waals surface area contributed by atoms with Crippen molar-refractivity contribution in [3.05, 3.63) is 125 Å². The lowest BCUT2D eigenvalue weighted by Gasteiger charge is -2.26. The van der Waals surface area contributed by atoms with Crippen LogP contribution in [0.3, 0.4) is 0 Å². The number of para-hydroxylation sites is 2. The van der Waals surface area contributed by atoms with E-state index in [9.17, 15) is 42.0 Å². The molecular formula is C61H68N8O15S. The van der Waals surface area contributed by atoms with Crippen LogP contribution in [-0.4, -0.2) is 119 Å². The lowest BCUT2D eigenvalue weighted by Crippen LogP contribution is -2.56. The molecule has 0 spiro atoms. The second-order valence-electron chi connectivity index (χ2n) is 21.4. The van der Waals surface area contributed by atoms with E-state index in [2.05, 4.69) is 15.4 Å². The van der Waals surface area contributed by atoms with Gasteiger partial charge in [0.25, 0.3) is 11.8 Å². The molecule has 5 aromatic rings. The van der Waals surface area contributed by atoms with Gasteiger partial charge in [-0.15, -0.1) is 0 Å². The number of nitrogens with one attached hydrogen (secondary N) is 4.